The van der Waals surface area contributed by atoms with E-state index >= 15 is 0 Å². The van der Waals surface area contributed by atoms with Crippen molar-refractivity contribution in [2.75, 3.05) is 13.7 Å². The second kappa shape index (κ2) is 7.88. The largest absolute Gasteiger partial charge is 0.496 e. The molecule has 0 spiro atoms. The monoisotopic (exact) mass is 455 g/mol. The fourth-order valence-electron chi connectivity index (χ4n) is 4.00. The number of aromatic nitrogens is 4. The van der Waals surface area contributed by atoms with E-state index in [4.69, 9.17) is 4.74 Å². The molecule has 0 N–H and O–H groups in total. The summed E-state index contributed by atoms with van der Waals surface area (Å²) >= 11 is 3.62. The van der Waals surface area contributed by atoms with Crippen molar-refractivity contribution in [1.29, 1.82) is 0 Å². The number of hydrogen-bond acceptors (Lipinski definition) is 5. The van der Waals surface area contributed by atoms with Gasteiger partial charge in [0.15, 0.2) is 5.82 Å². The molecule has 1 aliphatic heterocycles. The van der Waals surface area contributed by atoms with Crippen LogP contribution in [0.5, 0.6) is 5.75 Å². The summed E-state index contributed by atoms with van der Waals surface area (Å²) in [7, 11) is 1.71. The van der Waals surface area contributed by atoms with Gasteiger partial charge >= 0.3 is 0 Å². The number of methoxy groups -OCH3 is 1. The highest BCUT2D eigenvalue weighted by atomic mass is 79.9. The number of ether oxygens (including phenoxy) is 1. The Bertz CT molecular complexity index is 1010. The number of benzene rings is 2. The molecular formula is C22H26BrN5O. The van der Waals surface area contributed by atoms with Crippen molar-refractivity contribution < 1.29 is 4.74 Å². The Morgan fingerprint density at radius 3 is 2.66 bits per heavy atom. The molecule has 6 nitrogen and oxygen atoms in total. The highest BCUT2D eigenvalue weighted by Crippen LogP contribution is 2.37. The quantitative estimate of drug-likeness (QED) is 0.585. The molecule has 4 rings (SSSR count). The Balaban J connectivity index is 1.83. The molecule has 0 saturated carbocycles. The molecule has 1 atom stereocenters. The van der Waals surface area contributed by atoms with Crippen LogP contribution in [0.4, 0.5) is 0 Å². The second-order valence-electron chi connectivity index (χ2n) is 8.40. The lowest BCUT2D eigenvalue weighted by molar-refractivity contribution is 0.182. The van der Waals surface area contributed by atoms with Crippen molar-refractivity contribution in [3.8, 4) is 5.75 Å². The zero-order valence-electron chi connectivity index (χ0n) is 17.3. The van der Waals surface area contributed by atoms with E-state index in [0.29, 0.717) is 0 Å². The van der Waals surface area contributed by atoms with Gasteiger partial charge in [-0.15, -0.1) is 5.10 Å². The van der Waals surface area contributed by atoms with Crippen molar-refractivity contribution in [2.24, 2.45) is 0 Å². The summed E-state index contributed by atoms with van der Waals surface area (Å²) < 4.78 is 8.75. The molecule has 0 fully saturated rings. The van der Waals surface area contributed by atoms with Gasteiger partial charge < -0.3 is 4.74 Å². The first-order chi connectivity index (χ1) is 13.9. The fourth-order valence-corrected chi connectivity index (χ4v) is 4.41. The van der Waals surface area contributed by atoms with Crippen molar-refractivity contribution >= 4 is 15.9 Å². The first-order valence-electron chi connectivity index (χ1n) is 9.81. The van der Waals surface area contributed by atoms with E-state index in [1.54, 1.807) is 7.11 Å². The van der Waals surface area contributed by atoms with Gasteiger partial charge in [0.25, 0.3) is 0 Å². The molecule has 1 aliphatic rings. The van der Waals surface area contributed by atoms with Crippen LogP contribution in [-0.4, -0.2) is 38.8 Å². The van der Waals surface area contributed by atoms with Crippen LogP contribution in [0.15, 0.2) is 46.9 Å². The molecule has 0 amide bonds. The maximum atomic E-state index is 5.72. The lowest BCUT2D eigenvalue weighted by atomic mass is 9.95. The van der Waals surface area contributed by atoms with Gasteiger partial charge in [-0.1, -0.05) is 40.2 Å². The van der Waals surface area contributed by atoms with Gasteiger partial charge in [-0.25, -0.2) is 4.68 Å². The van der Waals surface area contributed by atoms with Gasteiger partial charge in [0.05, 0.1) is 12.6 Å². The number of fused-ring (bicyclic) bond motifs is 1. The van der Waals surface area contributed by atoms with Crippen LogP contribution in [0, 0.1) is 0 Å². The van der Waals surface area contributed by atoms with Gasteiger partial charge in [0.1, 0.15) is 11.8 Å². The van der Waals surface area contributed by atoms with Crippen LogP contribution in [0.1, 0.15) is 49.3 Å². The molecule has 0 radical (unpaired) electrons. The Kier molecular flexibility index (Phi) is 5.44. The highest BCUT2D eigenvalue weighted by molar-refractivity contribution is 9.10. The third-order valence-electron chi connectivity index (χ3n) is 5.38. The topological polar surface area (TPSA) is 56.1 Å². The van der Waals surface area contributed by atoms with E-state index < -0.39 is 0 Å². The van der Waals surface area contributed by atoms with Crippen LogP contribution in [0.2, 0.25) is 0 Å². The molecule has 2 aromatic carbocycles. The number of tetrazole rings is 1. The number of hydrogen-bond donors (Lipinski definition) is 0. The third-order valence-corrected chi connectivity index (χ3v) is 5.88. The Morgan fingerprint density at radius 2 is 1.90 bits per heavy atom. The molecule has 0 saturated heterocycles. The molecule has 3 aromatic rings. The maximum absolute atomic E-state index is 5.72. The zero-order valence-corrected chi connectivity index (χ0v) is 18.8. The van der Waals surface area contributed by atoms with Crippen LogP contribution in [0.25, 0.3) is 0 Å². The second-order valence-corrected chi connectivity index (χ2v) is 9.31. The van der Waals surface area contributed by atoms with Crippen LogP contribution in [0.3, 0.4) is 0 Å². The Hall–Kier alpha value is -2.25. The molecule has 1 unspecified atom stereocenters. The summed E-state index contributed by atoms with van der Waals surface area (Å²) in [6.45, 7) is 8.11. The molecule has 0 aliphatic carbocycles. The van der Waals surface area contributed by atoms with Crippen molar-refractivity contribution in [3.63, 3.8) is 0 Å². The van der Waals surface area contributed by atoms with Crippen LogP contribution < -0.4 is 4.74 Å². The fraction of sp³-hybridized carbons (Fsp3) is 0.409. The zero-order chi connectivity index (χ0) is 20.6. The average Bonchev–Trinajstić information content (AvgIpc) is 3.18. The normalized spacial score (nSPS) is 15.8. The molecule has 1 aromatic heterocycles. The molecule has 7 heteroatoms. The standard InChI is InChI=1S/C22H26BrN5O/c1-22(2,3)28-21(24-25-26-28)20(18-7-5-6-8-19(18)29-4)27-12-11-15-9-10-17(23)13-16(15)14-27/h5-10,13,20H,11-12,14H2,1-4H3. The predicted octanol–water partition coefficient (Wildman–Crippen LogP) is 4.35. The van der Waals surface area contributed by atoms with Gasteiger partial charge in [-0.2, -0.15) is 0 Å². The molecule has 2 heterocycles. The third kappa shape index (κ3) is 3.94. The minimum atomic E-state index is -0.226. The summed E-state index contributed by atoms with van der Waals surface area (Å²) in [5.41, 5.74) is 3.59. The van der Waals surface area contributed by atoms with Crippen molar-refractivity contribution in [3.05, 3.63) is 69.5 Å². The molecular weight excluding hydrogens is 430 g/mol. The maximum Gasteiger partial charge on any atom is 0.173 e. The smallest absolute Gasteiger partial charge is 0.173 e. The van der Waals surface area contributed by atoms with Gasteiger partial charge in [0.2, 0.25) is 0 Å². The van der Waals surface area contributed by atoms with Crippen LogP contribution in [-0.2, 0) is 18.5 Å². The average molecular weight is 456 g/mol. The molecule has 0 bridgehead atoms. The summed E-state index contributed by atoms with van der Waals surface area (Å²) in [4.78, 5) is 2.44. The summed E-state index contributed by atoms with van der Waals surface area (Å²) in [6, 6.07) is 14.6. The highest BCUT2D eigenvalue weighted by Gasteiger charge is 2.34. The number of nitrogens with zero attached hydrogens (tertiary/aromatic N) is 5. The van der Waals surface area contributed by atoms with E-state index in [0.717, 1.165) is 41.1 Å². The Morgan fingerprint density at radius 1 is 1.10 bits per heavy atom. The van der Waals surface area contributed by atoms with E-state index in [2.05, 4.69) is 81.4 Å². The minimum Gasteiger partial charge on any atom is -0.496 e. The SMILES string of the molecule is COc1ccccc1C(c1nnnn1C(C)(C)C)N1CCc2ccc(Br)cc2C1. The van der Waals surface area contributed by atoms with Crippen molar-refractivity contribution in [2.45, 2.75) is 45.3 Å². The van der Waals surface area contributed by atoms with E-state index in [9.17, 15) is 0 Å². The minimum absolute atomic E-state index is 0.104. The molecule has 29 heavy (non-hydrogen) atoms. The Labute approximate surface area is 180 Å². The van der Waals surface area contributed by atoms with Gasteiger partial charge in [0, 0.05) is 23.1 Å². The summed E-state index contributed by atoms with van der Waals surface area (Å²) in [5, 5.41) is 12.8. The predicted molar refractivity (Wildman–Crippen MR) is 116 cm³/mol. The summed E-state index contributed by atoms with van der Waals surface area (Å²) in [5.74, 6) is 1.68. The van der Waals surface area contributed by atoms with E-state index in [-0.39, 0.29) is 11.6 Å². The lowest BCUT2D eigenvalue weighted by Crippen LogP contribution is -2.38. The first-order valence-corrected chi connectivity index (χ1v) is 10.6. The van der Waals surface area contributed by atoms with E-state index in [1.807, 2.05) is 22.9 Å². The number of halogens is 1. The van der Waals surface area contributed by atoms with Gasteiger partial charge in [-0.3, -0.25) is 4.90 Å². The van der Waals surface area contributed by atoms with E-state index in [1.165, 1.54) is 11.1 Å². The molecule has 152 valence electrons. The number of rotatable bonds is 4. The van der Waals surface area contributed by atoms with Crippen LogP contribution >= 0.6 is 15.9 Å². The van der Waals surface area contributed by atoms with Gasteiger partial charge in [-0.05, 0) is 66.9 Å². The number of para-hydroxylation sites is 1. The first kappa shape index (κ1) is 20.0. The van der Waals surface area contributed by atoms with Crippen molar-refractivity contribution in [1.82, 2.24) is 25.1 Å². The summed E-state index contributed by atoms with van der Waals surface area (Å²) in [6.07, 6.45) is 0.991. The lowest BCUT2D eigenvalue weighted by Gasteiger charge is -2.36.